The Morgan fingerprint density at radius 3 is 2.16 bits per heavy atom. The van der Waals surface area contributed by atoms with E-state index in [9.17, 15) is 14.4 Å². The fraction of sp³-hybridized carbons (Fsp3) is 0.300. The summed E-state index contributed by atoms with van der Waals surface area (Å²) in [5.41, 5.74) is 4.28. The average molecular weight is 515 g/mol. The van der Waals surface area contributed by atoms with Crippen LogP contribution in [0.3, 0.4) is 0 Å². The fourth-order valence-electron chi connectivity index (χ4n) is 5.16. The molecule has 196 valence electrons. The van der Waals surface area contributed by atoms with Gasteiger partial charge in [0.15, 0.2) is 6.04 Å². The summed E-state index contributed by atoms with van der Waals surface area (Å²) in [6.45, 7) is 3.30. The molecule has 0 radical (unpaired) electrons. The lowest BCUT2D eigenvalue weighted by Gasteiger charge is -2.32. The quantitative estimate of drug-likeness (QED) is 0.474. The molecule has 2 aliphatic rings. The Hall–Kier alpha value is -4.17. The van der Waals surface area contributed by atoms with Crippen molar-refractivity contribution in [1.82, 2.24) is 10.2 Å². The molecule has 38 heavy (non-hydrogen) atoms. The van der Waals surface area contributed by atoms with Crippen LogP contribution in [0, 0.1) is 0 Å². The molecular formula is C30H30N2O6. The molecule has 5 rings (SSSR count). The third-order valence-electron chi connectivity index (χ3n) is 6.98. The van der Waals surface area contributed by atoms with Crippen molar-refractivity contribution in [2.75, 3.05) is 19.8 Å². The maximum atomic E-state index is 13.1. The van der Waals surface area contributed by atoms with Gasteiger partial charge in [-0.3, -0.25) is 9.69 Å². The Balaban J connectivity index is 1.17. The van der Waals surface area contributed by atoms with Gasteiger partial charge in [0.25, 0.3) is 0 Å². The molecule has 8 nitrogen and oxygen atoms in total. The largest absolute Gasteiger partial charge is 0.459 e. The SMILES string of the molecule is CC1(C)OC[C@@H](C(=O)OCc2ccccc2)N1C(=O)CNC(=O)OCC1c2ccccc2-c2ccccc21. The number of carbonyl (C=O) groups is 3. The summed E-state index contributed by atoms with van der Waals surface area (Å²) in [6, 6.07) is 24.5. The van der Waals surface area contributed by atoms with Crippen LogP contribution < -0.4 is 5.32 Å². The zero-order chi connectivity index (χ0) is 26.7. The summed E-state index contributed by atoms with van der Waals surface area (Å²) in [7, 11) is 0. The van der Waals surface area contributed by atoms with Gasteiger partial charge in [0.1, 0.15) is 25.5 Å². The third kappa shape index (κ3) is 5.13. The minimum atomic E-state index is -1.03. The summed E-state index contributed by atoms with van der Waals surface area (Å²) in [4.78, 5) is 39.8. The minimum Gasteiger partial charge on any atom is -0.459 e. The van der Waals surface area contributed by atoms with Crippen molar-refractivity contribution in [2.24, 2.45) is 0 Å². The van der Waals surface area contributed by atoms with Gasteiger partial charge in [-0.25, -0.2) is 9.59 Å². The molecule has 1 heterocycles. The predicted molar refractivity (Wildman–Crippen MR) is 140 cm³/mol. The highest BCUT2D eigenvalue weighted by Gasteiger charge is 2.47. The zero-order valence-electron chi connectivity index (χ0n) is 21.4. The molecule has 0 saturated carbocycles. The van der Waals surface area contributed by atoms with E-state index in [-0.39, 0.29) is 32.3 Å². The number of nitrogens with one attached hydrogen (secondary N) is 1. The van der Waals surface area contributed by atoms with E-state index in [1.165, 1.54) is 4.90 Å². The predicted octanol–water partition coefficient (Wildman–Crippen LogP) is 4.23. The van der Waals surface area contributed by atoms with E-state index in [2.05, 4.69) is 17.4 Å². The number of benzene rings is 3. The maximum Gasteiger partial charge on any atom is 0.407 e. The van der Waals surface area contributed by atoms with Crippen molar-refractivity contribution < 1.29 is 28.6 Å². The summed E-state index contributed by atoms with van der Waals surface area (Å²) < 4.78 is 16.7. The highest BCUT2D eigenvalue weighted by molar-refractivity contribution is 5.88. The molecule has 1 aliphatic heterocycles. The number of carbonyl (C=O) groups excluding carboxylic acids is 3. The first-order chi connectivity index (χ1) is 18.3. The highest BCUT2D eigenvalue weighted by Crippen LogP contribution is 2.44. The number of ether oxygens (including phenoxy) is 3. The van der Waals surface area contributed by atoms with Crippen LogP contribution in [-0.4, -0.2) is 54.4 Å². The number of hydrogen-bond donors (Lipinski definition) is 1. The number of esters is 1. The van der Waals surface area contributed by atoms with Crippen molar-refractivity contribution in [2.45, 2.75) is 38.1 Å². The van der Waals surface area contributed by atoms with Crippen molar-refractivity contribution in [1.29, 1.82) is 0 Å². The first kappa shape index (κ1) is 25.5. The molecule has 0 unspecified atom stereocenters. The molecule has 0 spiro atoms. The third-order valence-corrected chi connectivity index (χ3v) is 6.98. The fourth-order valence-corrected chi connectivity index (χ4v) is 5.16. The van der Waals surface area contributed by atoms with Crippen LogP contribution in [0.2, 0.25) is 0 Å². The number of alkyl carbamates (subject to hydrolysis) is 1. The van der Waals surface area contributed by atoms with Crippen LogP contribution in [0.15, 0.2) is 78.9 Å². The Bertz CT molecular complexity index is 1290. The second-order valence-corrected chi connectivity index (χ2v) is 9.81. The molecule has 3 aromatic rings. The van der Waals surface area contributed by atoms with Gasteiger partial charge in [-0.15, -0.1) is 0 Å². The van der Waals surface area contributed by atoms with Crippen molar-refractivity contribution >= 4 is 18.0 Å². The molecule has 1 fully saturated rings. The van der Waals surface area contributed by atoms with E-state index in [1.807, 2.05) is 66.7 Å². The zero-order valence-corrected chi connectivity index (χ0v) is 21.4. The van der Waals surface area contributed by atoms with Gasteiger partial charge in [0, 0.05) is 5.92 Å². The van der Waals surface area contributed by atoms with Gasteiger partial charge < -0.3 is 19.5 Å². The first-order valence-corrected chi connectivity index (χ1v) is 12.6. The number of nitrogens with zero attached hydrogens (tertiary/aromatic N) is 1. The summed E-state index contributed by atoms with van der Waals surface area (Å²) in [6.07, 6.45) is -0.707. The highest BCUT2D eigenvalue weighted by atomic mass is 16.6. The van der Waals surface area contributed by atoms with Crippen molar-refractivity contribution in [3.8, 4) is 11.1 Å². The van der Waals surface area contributed by atoms with Gasteiger partial charge in [-0.05, 0) is 41.7 Å². The van der Waals surface area contributed by atoms with E-state index in [0.717, 1.165) is 27.8 Å². The van der Waals surface area contributed by atoms with Gasteiger partial charge in [-0.2, -0.15) is 0 Å². The van der Waals surface area contributed by atoms with Gasteiger partial charge >= 0.3 is 12.1 Å². The Morgan fingerprint density at radius 2 is 1.50 bits per heavy atom. The summed E-state index contributed by atoms with van der Waals surface area (Å²) >= 11 is 0. The lowest BCUT2D eigenvalue weighted by Crippen LogP contribution is -2.54. The van der Waals surface area contributed by atoms with Gasteiger partial charge in [0.2, 0.25) is 5.91 Å². The molecule has 1 saturated heterocycles. The number of hydrogen-bond acceptors (Lipinski definition) is 6. The molecule has 0 aromatic heterocycles. The molecule has 1 aliphatic carbocycles. The molecule has 2 amide bonds. The second kappa shape index (κ2) is 10.7. The van der Waals surface area contributed by atoms with Gasteiger partial charge in [0.05, 0.1) is 6.61 Å². The Morgan fingerprint density at radius 1 is 0.895 bits per heavy atom. The molecular weight excluding hydrogens is 484 g/mol. The minimum absolute atomic E-state index is 0.0112. The monoisotopic (exact) mass is 514 g/mol. The van der Waals surface area contributed by atoms with Gasteiger partial charge in [-0.1, -0.05) is 78.9 Å². The lowest BCUT2D eigenvalue weighted by molar-refractivity contribution is -0.159. The molecule has 8 heteroatoms. The van der Waals surface area contributed by atoms with E-state index >= 15 is 0 Å². The van der Waals surface area contributed by atoms with Crippen molar-refractivity contribution in [3.05, 3.63) is 95.6 Å². The van der Waals surface area contributed by atoms with E-state index in [4.69, 9.17) is 14.2 Å². The summed E-state index contributed by atoms with van der Waals surface area (Å²) in [5, 5.41) is 2.53. The van der Waals surface area contributed by atoms with Crippen LogP contribution in [0.25, 0.3) is 11.1 Å². The van der Waals surface area contributed by atoms with Crippen LogP contribution in [0.4, 0.5) is 4.79 Å². The van der Waals surface area contributed by atoms with E-state index in [0.29, 0.717) is 0 Å². The normalized spacial score (nSPS) is 17.4. The topological polar surface area (TPSA) is 94.2 Å². The van der Waals surface area contributed by atoms with Crippen LogP contribution >= 0.6 is 0 Å². The number of fused-ring (bicyclic) bond motifs is 3. The standard InChI is InChI=1S/C30H30N2O6/c1-30(2)32(26(19-38-30)28(34)36-17-20-10-4-3-5-11-20)27(33)16-31-29(35)37-18-25-23-14-8-6-12-21(23)22-13-7-9-15-24(22)25/h3-15,25-26H,16-19H2,1-2H3,(H,31,35)/t26-/m0/s1. The molecule has 1 atom stereocenters. The maximum absolute atomic E-state index is 13.1. The van der Waals surface area contributed by atoms with E-state index in [1.54, 1.807) is 13.8 Å². The van der Waals surface area contributed by atoms with Crippen LogP contribution in [-0.2, 0) is 30.4 Å². The second-order valence-electron chi connectivity index (χ2n) is 9.81. The molecule has 1 N–H and O–H groups in total. The summed E-state index contributed by atoms with van der Waals surface area (Å²) in [5.74, 6) is -1.12. The van der Waals surface area contributed by atoms with E-state index < -0.39 is 29.7 Å². The molecule has 0 bridgehead atoms. The van der Waals surface area contributed by atoms with Crippen LogP contribution in [0.5, 0.6) is 0 Å². The number of rotatable bonds is 7. The number of amides is 2. The lowest BCUT2D eigenvalue weighted by atomic mass is 9.98. The average Bonchev–Trinajstić information content (AvgIpc) is 3.43. The van der Waals surface area contributed by atoms with Crippen LogP contribution in [0.1, 0.15) is 36.5 Å². The van der Waals surface area contributed by atoms with Crippen molar-refractivity contribution in [3.63, 3.8) is 0 Å². The molecule has 3 aromatic carbocycles. The Kier molecular flexibility index (Phi) is 7.15. The smallest absolute Gasteiger partial charge is 0.407 e. The first-order valence-electron chi connectivity index (χ1n) is 12.6. The Labute approximate surface area is 221 Å².